The lowest BCUT2D eigenvalue weighted by molar-refractivity contribution is -0.123. The summed E-state index contributed by atoms with van der Waals surface area (Å²) in [5.41, 5.74) is 2.26. The van der Waals surface area contributed by atoms with Crippen molar-refractivity contribution in [2.24, 2.45) is 0 Å². The first-order valence-corrected chi connectivity index (χ1v) is 8.53. The quantitative estimate of drug-likeness (QED) is 0.858. The SMILES string of the molecule is CCn1cc([C@@H]2NC(=O)CC[C@H]2NC/C=C/c2ccccc2)cn1. The third kappa shape index (κ3) is 4.11. The van der Waals surface area contributed by atoms with E-state index in [4.69, 9.17) is 0 Å². The number of hydrogen-bond donors (Lipinski definition) is 2. The molecule has 1 aliphatic rings. The van der Waals surface area contributed by atoms with E-state index in [1.165, 1.54) is 5.56 Å². The Morgan fingerprint density at radius 1 is 1.38 bits per heavy atom. The predicted molar refractivity (Wildman–Crippen MR) is 95.3 cm³/mol. The molecule has 1 amide bonds. The largest absolute Gasteiger partial charge is 0.348 e. The summed E-state index contributed by atoms with van der Waals surface area (Å²) in [5.74, 6) is 0.113. The van der Waals surface area contributed by atoms with E-state index in [-0.39, 0.29) is 18.0 Å². The average molecular weight is 324 g/mol. The fraction of sp³-hybridized carbons (Fsp3) is 0.368. The van der Waals surface area contributed by atoms with Gasteiger partial charge in [0.2, 0.25) is 5.91 Å². The molecule has 2 N–H and O–H groups in total. The highest BCUT2D eigenvalue weighted by Crippen LogP contribution is 2.23. The molecule has 2 aromatic rings. The molecule has 0 radical (unpaired) electrons. The number of hydrogen-bond acceptors (Lipinski definition) is 3. The molecule has 0 aliphatic carbocycles. The third-order valence-electron chi connectivity index (χ3n) is 4.35. The van der Waals surface area contributed by atoms with E-state index < -0.39 is 0 Å². The van der Waals surface area contributed by atoms with E-state index in [2.05, 4.69) is 46.9 Å². The van der Waals surface area contributed by atoms with Crippen molar-refractivity contribution in [2.45, 2.75) is 38.4 Å². The second-order valence-electron chi connectivity index (χ2n) is 6.04. The minimum absolute atomic E-state index is 0.0170. The summed E-state index contributed by atoms with van der Waals surface area (Å²) >= 11 is 0. The summed E-state index contributed by atoms with van der Waals surface area (Å²) in [7, 11) is 0. The number of carbonyl (C=O) groups is 1. The van der Waals surface area contributed by atoms with Crippen LogP contribution in [-0.4, -0.2) is 28.3 Å². The molecule has 5 heteroatoms. The van der Waals surface area contributed by atoms with Gasteiger partial charge < -0.3 is 10.6 Å². The lowest BCUT2D eigenvalue weighted by Crippen LogP contribution is -2.48. The van der Waals surface area contributed by atoms with Crippen LogP contribution in [0.4, 0.5) is 0 Å². The first-order valence-electron chi connectivity index (χ1n) is 8.53. The molecule has 0 bridgehead atoms. The van der Waals surface area contributed by atoms with Gasteiger partial charge in [0.1, 0.15) is 0 Å². The summed E-state index contributed by atoms with van der Waals surface area (Å²) < 4.78 is 1.89. The maximum atomic E-state index is 11.8. The van der Waals surface area contributed by atoms with Crippen molar-refractivity contribution in [3.63, 3.8) is 0 Å². The second kappa shape index (κ2) is 7.93. The monoisotopic (exact) mass is 324 g/mol. The van der Waals surface area contributed by atoms with Gasteiger partial charge in [-0.3, -0.25) is 9.48 Å². The normalized spacial score (nSPS) is 21.1. The molecular weight excluding hydrogens is 300 g/mol. The van der Waals surface area contributed by atoms with Crippen molar-refractivity contribution >= 4 is 12.0 Å². The molecular formula is C19H24N4O. The molecule has 0 spiro atoms. The van der Waals surface area contributed by atoms with Crippen LogP contribution in [0.15, 0.2) is 48.8 Å². The smallest absolute Gasteiger partial charge is 0.220 e. The minimum Gasteiger partial charge on any atom is -0.348 e. The van der Waals surface area contributed by atoms with Crippen LogP contribution in [0.3, 0.4) is 0 Å². The van der Waals surface area contributed by atoms with Crippen molar-refractivity contribution < 1.29 is 4.79 Å². The van der Waals surface area contributed by atoms with Gasteiger partial charge in [0.05, 0.1) is 12.2 Å². The number of amides is 1. The maximum Gasteiger partial charge on any atom is 0.220 e. The number of carbonyl (C=O) groups excluding carboxylic acids is 1. The van der Waals surface area contributed by atoms with Crippen LogP contribution >= 0.6 is 0 Å². The Morgan fingerprint density at radius 2 is 2.21 bits per heavy atom. The molecule has 0 saturated carbocycles. The zero-order valence-corrected chi connectivity index (χ0v) is 14.0. The van der Waals surface area contributed by atoms with Crippen molar-refractivity contribution in [1.82, 2.24) is 20.4 Å². The summed E-state index contributed by atoms with van der Waals surface area (Å²) in [4.78, 5) is 11.8. The summed E-state index contributed by atoms with van der Waals surface area (Å²) in [6, 6.07) is 10.4. The number of aryl methyl sites for hydroxylation is 1. The average Bonchev–Trinajstić information content (AvgIpc) is 3.09. The van der Waals surface area contributed by atoms with E-state index in [1.54, 1.807) is 0 Å². The lowest BCUT2D eigenvalue weighted by atomic mass is 9.94. The van der Waals surface area contributed by atoms with Gasteiger partial charge in [-0.05, 0) is 18.9 Å². The molecule has 5 nitrogen and oxygen atoms in total. The van der Waals surface area contributed by atoms with Crippen molar-refractivity contribution in [3.8, 4) is 0 Å². The molecule has 1 saturated heterocycles. The number of nitrogens with one attached hydrogen (secondary N) is 2. The minimum atomic E-state index is -0.0170. The van der Waals surface area contributed by atoms with Gasteiger partial charge in [-0.2, -0.15) is 5.10 Å². The van der Waals surface area contributed by atoms with Gasteiger partial charge >= 0.3 is 0 Å². The zero-order valence-electron chi connectivity index (χ0n) is 14.0. The Morgan fingerprint density at radius 3 is 2.96 bits per heavy atom. The van der Waals surface area contributed by atoms with Crippen molar-refractivity contribution in [1.29, 1.82) is 0 Å². The van der Waals surface area contributed by atoms with Gasteiger partial charge in [0.25, 0.3) is 0 Å². The third-order valence-corrected chi connectivity index (χ3v) is 4.35. The van der Waals surface area contributed by atoms with Crippen LogP contribution < -0.4 is 10.6 Å². The van der Waals surface area contributed by atoms with Gasteiger partial charge in [-0.25, -0.2) is 0 Å². The second-order valence-corrected chi connectivity index (χ2v) is 6.04. The van der Waals surface area contributed by atoms with E-state index >= 15 is 0 Å². The highest BCUT2D eigenvalue weighted by atomic mass is 16.1. The molecule has 0 unspecified atom stereocenters. The lowest BCUT2D eigenvalue weighted by Gasteiger charge is -2.32. The molecule has 2 heterocycles. The van der Waals surface area contributed by atoms with E-state index in [9.17, 15) is 4.79 Å². The Kier molecular flexibility index (Phi) is 5.43. The Bertz CT molecular complexity index is 692. The van der Waals surface area contributed by atoms with Crippen molar-refractivity contribution in [3.05, 3.63) is 59.9 Å². The highest BCUT2D eigenvalue weighted by Gasteiger charge is 2.30. The molecule has 1 aliphatic heterocycles. The zero-order chi connectivity index (χ0) is 16.8. The van der Waals surface area contributed by atoms with Crippen LogP contribution in [0.1, 0.15) is 36.9 Å². The molecule has 3 rings (SSSR count). The van der Waals surface area contributed by atoms with E-state index in [1.807, 2.05) is 35.3 Å². The number of benzene rings is 1. The number of rotatable bonds is 6. The van der Waals surface area contributed by atoms with Crippen LogP contribution in [0.2, 0.25) is 0 Å². The van der Waals surface area contributed by atoms with Crippen LogP contribution in [0.5, 0.6) is 0 Å². The first kappa shape index (κ1) is 16.5. The summed E-state index contributed by atoms with van der Waals surface area (Å²) in [6.45, 7) is 3.66. The van der Waals surface area contributed by atoms with Gasteiger partial charge in [-0.1, -0.05) is 42.5 Å². The van der Waals surface area contributed by atoms with E-state index in [0.717, 1.165) is 25.1 Å². The summed E-state index contributed by atoms with van der Waals surface area (Å²) in [6.07, 6.45) is 9.52. The standard InChI is InChI=1S/C19H24N4O/c1-2-23-14-16(13-21-23)19-17(10-11-18(24)22-19)20-12-6-9-15-7-4-3-5-8-15/h3-9,13-14,17,19-20H,2,10-12H2,1H3,(H,22,24)/b9-6+/t17-,19+/m1/s1. The predicted octanol–water partition coefficient (Wildman–Crippen LogP) is 2.53. The van der Waals surface area contributed by atoms with Gasteiger partial charge in [0, 0.05) is 37.3 Å². The van der Waals surface area contributed by atoms with Gasteiger partial charge in [-0.15, -0.1) is 0 Å². The van der Waals surface area contributed by atoms with Gasteiger partial charge in [0.15, 0.2) is 0 Å². The molecule has 1 aromatic carbocycles. The van der Waals surface area contributed by atoms with Crippen LogP contribution in [0.25, 0.3) is 6.08 Å². The number of aromatic nitrogens is 2. The first-order chi connectivity index (χ1) is 11.8. The maximum absolute atomic E-state index is 11.8. The number of piperidine rings is 1. The highest BCUT2D eigenvalue weighted by molar-refractivity contribution is 5.77. The Labute approximate surface area is 142 Å². The molecule has 24 heavy (non-hydrogen) atoms. The Hall–Kier alpha value is -2.40. The number of nitrogens with zero attached hydrogens (tertiary/aromatic N) is 2. The van der Waals surface area contributed by atoms with E-state index in [0.29, 0.717) is 6.42 Å². The molecule has 1 fully saturated rings. The summed E-state index contributed by atoms with van der Waals surface area (Å²) in [5, 5.41) is 11.0. The van der Waals surface area contributed by atoms with Crippen molar-refractivity contribution in [2.75, 3.05) is 6.54 Å². The fourth-order valence-corrected chi connectivity index (χ4v) is 3.03. The fourth-order valence-electron chi connectivity index (χ4n) is 3.03. The molecule has 2 atom stereocenters. The molecule has 1 aromatic heterocycles. The van der Waals surface area contributed by atoms with Crippen LogP contribution in [-0.2, 0) is 11.3 Å². The molecule has 126 valence electrons. The topological polar surface area (TPSA) is 59.0 Å². The Balaban J connectivity index is 1.61. The van der Waals surface area contributed by atoms with Crippen LogP contribution in [0, 0.1) is 0 Å².